The van der Waals surface area contributed by atoms with E-state index in [1.807, 2.05) is 13.0 Å². The van der Waals surface area contributed by atoms with Gasteiger partial charge in [-0.25, -0.2) is 0 Å². The van der Waals surface area contributed by atoms with Crippen molar-refractivity contribution in [3.8, 4) is 0 Å². The number of aliphatic carboxylic acids is 1. The van der Waals surface area contributed by atoms with Crippen LogP contribution < -0.4 is 0 Å². The van der Waals surface area contributed by atoms with E-state index in [0.29, 0.717) is 0 Å². The Labute approximate surface area is 125 Å². The van der Waals surface area contributed by atoms with E-state index in [1.54, 1.807) is 0 Å². The summed E-state index contributed by atoms with van der Waals surface area (Å²) in [7, 11) is -1.97. The van der Waals surface area contributed by atoms with Crippen LogP contribution in [0.5, 0.6) is 0 Å². The molecule has 0 saturated carbocycles. The minimum absolute atomic E-state index is 0.0665. The summed E-state index contributed by atoms with van der Waals surface area (Å²) >= 11 is 0. The Bertz CT molecular complexity index is 351. The van der Waals surface area contributed by atoms with Gasteiger partial charge >= 0.3 is 5.97 Å². The predicted molar refractivity (Wildman–Crippen MR) is 87.5 cm³/mol. The lowest BCUT2D eigenvalue weighted by Gasteiger charge is -2.43. The number of allylic oxidation sites excluding steroid dienone is 2. The molecule has 0 aliphatic heterocycles. The lowest BCUT2D eigenvalue weighted by atomic mass is 9.81. The Morgan fingerprint density at radius 3 is 2.10 bits per heavy atom. The van der Waals surface area contributed by atoms with Crippen molar-refractivity contribution in [3.05, 3.63) is 12.2 Å². The molecule has 0 aromatic rings. The Balaban J connectivity index is 5.22. The molecule has 0 amide bonds. The third-order valence-corrected chi connectivity index (χ3v) is 8.84. The van der Waals surface area contributed by atoms with Crippen molar-refractivity contribution in [1.29, 1.82) is 0 Å². The normalized spacial score (nSPS) is 15.6. The molecule has 118 valence electrons. The van der Waals surface area contributed by atoms with Gasteiger partial charge in [-0.2, -0.15) is 0 Å². The largest absolute Gasteiger partial charge is 0.481 e. The zero-order valence-electron chi connectivity index (χ0n) is 14.4. The van der Waals surface area contributed by atoms with Crippen molar-refractivity contribution in [3.63, 3.8) is 0 Å². The zero-order chi connectivity index (χ0) is 16.2. The van der Waals surface area contributed by atoms with Gasteiger partial charge in [0.25, 0.3) is 0 Å². The summed E-state index contributed by atoms with van der Waals surface area (Å²) in [5.41, 5.74) is -0.180. The minimum atomic E-state index is -1.97. The van der Waals surface area contributed by atoms with Crippen LogP contribution in [0.2, 0.25) is 18.1 Å². The maximum absolute atomic E-state index is 11.2. The lowest BCUT2D eigenvalue weighted by molar-refractivity contribution is -0.140. The quantitative estimate of drug-likeness (QED) is 0.540. The molecule has 0 spiro atoms. The zero-order valence-corrected chi connectivity index (χ0v) is 15.4. The van der Waals surface area contributed by atoms with E-state index in [1.165, 1.54) is 0 Å². The van der Waals surface area contributed by atoms with Crippen molar-refractivity contribution in [2.75, 3.05) is 0 Å². The number of hydrogen-bond donors (Lipinski definition) is 1. The summed E-state index contributed by atoms with van der Waals surface area (Å²) in [4.78, 5) is 11.2. The van der Waals surface area contributed by atoms with Gasteiger partial charge < -0.3 is 9.53 Å². The van der Waals surface area contributed by atoms with Crippen LogP contribution in [0, 0.1) is 5.41 Å². The highest BCUT2D eigenvalue weighted by molar-refractivity contribution is 6.74. The number of carbonyl (C=O) groups is 1. The molecule has 0 heterocycles. The number of carboxylic acids is 1. The van der Waals surface area contributed by atoms with Crippen LogP contribution in [0.4, 0.5) is 0 Å². The molecule has 0 bridgehead atoms. The third-order valence-electron chi connectivity index (χ3n) is 4.35. The summed E-state index contributed by atoms with van der Waals surface area (Å²) in [5.74, 6) is -0.790. The molecule has 0 radical (unpaired) electrons. The van der Waals surface area contributed by atoms with E-state index >= 15 is 0 Å². The van der Waals surface area contributed by atoms with Crippen molar-refractivity contribution in [2.24, 2.45) is 5.41 Å². The summed E-state index contributed by atoms with van der Waals surface area (Å²) in [6.45, 7) is 17.0. The van der Waals surface area contributed by atoms with Gasteiger partial charge in [0.15, 0.2) is 8.32 Å². The molecule has 0 aromatic carbocycles. The van der Waals surface area contributed by atoms with Gasteiger partial charge in [-0.15, -0.1) is 0 Å². The van der Waals surface area contributed by atoms with Crippen LogP contribution in [-0.4, -0.2) is 25.5 Å². The Morgan fingerprint density at radius 2 is 1.75 bits per heavy atom. The molecule has 0 rings (SSSR count). The maximum atomic E-state index is 11.2. The molecule has 0 aliphatic carbocycles. The first-order valence-electron chi connectivity index (χ1n) is 7.34. The molecule has 0 aliphatic rings. The van der Waals surface area contributed by atoms with Crippen LogP contribution in [-0.2, 0) is 9.22 Å². The van der Waals surface area contributed by atoms with Gasteiger partial charge in [-0.05, 0) is 36.9 Å². The van der Waals surface area contributed by atoms with E-state index in [0.717, 1.165) is 6.42 Å². The van der Waals surface area contributed by atoms with Gasteiger partial charge in [-0.3, -0.25) is 4.79 Å². The maximum Gasteiger partial charge on any atom is 0.305 e. The third kappa shape index (κ3) is 5.79. The van der Waals surface area contributed by atoms with Crippen molar-refractivity contribution in [1.82, 2.24) is 0 Å². The highest BCUT2D eigenvalue weighted by Crippen LogP contribution is 2.41. The van der Waals surface area contributed by atoms with Crippen molar-refractivity contribution >= 4 is 14.3 Å². The minimum Gasteiger partial charge on any atom is -0.481 e. The van der Waals surface area contributed by atoms with Crippen LogP contribution in [0.25, 0.3) is 0 Å². The Morgan fingerprint density at radius 1 is 1.25 bits per heavy atom. The van der Waals surface area contributed by atoms with Gasteiger partial charge in [-0.1, -0.05) is 46.8 Å². The molecule has 3 nitrogen and oxygen atoms in total. The van der Waals surface area contributed by atoms with Crippen molar-refractivity contribution in [2.45, 2.75) is 78.6 Å². The van der Waals surface area contributed by atoms with Crippen LogP contribution in [0.3, 0.4) is 0 Å². The second kappa shape index (κ2) is 6.90. The fraction of sp³-hybridized carbons (Fsp3) is 0.812. The molecular weight excluding hydrogens is 268 g/mol. The first kappa shape index (κ1) is 19.4. The second-order valence-electron chi connectivity index (χ2n) is 7.73. The highest BCUT2D eigenvalue weighted by Gasteiger charge is 2.43. The lowest BCUT2D eigenvalue weighted by Crippen LogP contribution is -2.48. The SMILES string of the molecule is CC=CCC(C)(C)C(CC(=O)O)O[Si](C)(C)C(C)(C)C. The van der Waals surface area contributed by atoms with Crippen LogP contribution >= 0.6 is 0 Å². The monoisotopic (exact) mass is 300 g/mol. The highest BCUT2D eigenvalue weighted by atomic mass is 28.4. The molecule has 1 unspecified atom stereocenters. The predicted octanol–water partition coefficient (Wildman–Crippen LogP) is 4.84. The molecular formula is C16H32O3Si. The molecule has 1 N–H and O–H groups in total. The molecule has 0 saturated heterocycles. The molecule has 4 heteroatoms. The second-order valence-corrected chi connectivity index (χ2v) is 12.5. The molecule has 1 atom stereocenters. The van der Waals surface area contributed by atoms with Gasteiger partial charge in [0.1, 0.15) is 0 Å². The van der Waals surface area contributed by atoms with E-state index in [4.69, 9.17) is 4.43 Å². The van der Waals surface area contributed by atoms with Gasteiger partial charge in [0.2, 0.25) is 0 Å². The first-order valence-corrected chi connectivity index (χ1v) is 10.2. The molecule has 20 heavy (non-hydrogen) atoms. The Kier molecular flexibility index (Phi) is 6.69. The summed E-state index contributed by atoms with van der Waals surface area (Å²) in [6, 6.07) is 0. The summed E-state index contributed by atoms with van der Waals surface area (Å²) in [5, 5.41) is 9.27. The average molecular weight is 301 g/mol. The average Bonchev–Trinajstić information content (AvgIpc) is 2.23. The van der Waals surface area contributed by atoms with E-state index in [2.05, 4.69) is 53.8 Å². The molecule has 0 fully saturated rings. The molecule has 0 aromatic heterocycles. The fourth-order valence-corrected chi connectivity index (χ4v) is 3.19. The summed E-state index contributed by atoms with van der Waals surface area (Å²) in [6.07, 6.45) is 4.74. The van der Waals surface area contributed by atoms with Gasteiger partial charge in [0.05, 0.1) is 12.5 Å². The van der Waals surface area contributed by atoms with Crippen LogP contribution in [0.15, 0.2) is 12.2 Å². The first-order chi connectivity index (χ1) is 8.83. The fourth-order valence-electron chi connectivity index (χ4n) is 1.72. The number of rotatable bonds is 7. The summed E-state index contributed by atoms with van der Waals surface area (Å²) < 4.78 is 6.40. The van der Waals surface area contributed by atoms with Crippen LogP contribution in [0.1, 0.15) is 54.4 Å². The van der Waals surface area contributed by atoms with E-state index < -0.39 is 14.3 Å². The Hall–Kier alpha value is -0.613. The van der Waals surface area contributed by atoms with E-state index in [-0.39, 0.29) is 23.0 Å². The van der Waals surface area contributed by atoms with Gasteiger partial charge in [0, 0.05) is 0 Å². The smallest absolute Gasteiger partial charge is 0.305 e. The number of carboxylic acid groups (broad SMARTS) is 1. The van der Waals surface area contributed by atoms with E-state index in [9.17, 15) is 9.90 Å². The standard InChI is InChI=1S/C16H32O3Si/c1-9-10-11-16(5,6)13(12-14(17)18)19-20(7,8)15(2,3)4/h9-10,13H,11-12H2,1-8H3,(H,17,18). The topological polar surface area (TPSA) is 46.5 Å². The van der Waals surface area contributed by atoms with Crippen molar-refractivity contribution < 1.29 is 14.3 Å². The number of hydrogen-bond acceptors (Lipinski definition) is 2.